The van der Waals surface area contributed by atoms with Gasteiger partial charge in [-0.3, -0.25) is 9.78 Å². The number of aromatic nitrogens is 2. The summed E-state index contributed by atoms with van der Waals surface area (Å²) in [6.45, 7) is 0. The summed E-state index contributed by atoms with van der Waals surface area (Å²) in [6.07, 6.45) is 3.24. The van der Waals surface area contributed by atoms with Crippen LogP contribution in [0.15, 0.2) is 17.0 Å². The van der Waals surface area contributed by atoms with Crippen LogP contribution in [0.3, 0.4) is 0 Å². The molecule has 0 unspecified atom stereocenters. The number of halogens is 1. The highest BCUT2D eigenvalue weighted by Crippen LogP contribution is 2.04. The Balaban J connectivity index is 2.69. The van der Waals surface area contributed by atoms with Gasteiger partial charge in [0.15, 0.2) is 0 Å². The minimum absolute atomic E-state index is 0.156. The molecule has 0 aliphatic carbocycles. The van der Waals surface area contributed by atoms with E-state index in [2.05, 4.69) is 30.6 Å². The fraction of sp³-hybridized carbons (Fsp3) is 0.286. The smallest absolute Gasteiger partial charge is 0.311 e. The second kappa shape index (κ2) is 4.15. The lowest BCUT2D eigenvalue weighted by Crippen LogP contribution is -2.06. The second-order valence-electron chi connectivity index (χ2n) is 2.09. The Morgan fingerprint density at radius 2 is 2.42 bits per heavy atom. The summed E-state index contributed by atoms with van der Waals surface area (Å²) in [4.78, 5) is 18.7. The van der Waals surface area contributed by atoms with Crippen LogP contribution in [0.4, 0.5) is 0 Å². The first-order valence-corrected chi connectivity index (χ1v) is 4.05. The highest BCUT2D eigenvalue weighted by atomic mass is 79.9. The molecule has 0 aliphatic rings. The van der Waals surface area contributed by atoms with Gasteiger partial charge in [0.1, 0.15) is 4.60 Å². The van der Waals surface area contributed by atoms with Crippen LogP contribution < -0.4 is 0 Å². The summed E-state index contributed by atoms with van der Waals surface area (Å²) in [5, 5.41) is 0. The van der Waals surface area contributed by atoms with Crippen molar-refractivity contribution >= 4 is 21.9 Å². The van der Waals surface area contributed by atoms with E-state index in [-0.39, 0.29) is 12.4 Å². The molecule has 4 nitrogen and oxygen atoms in total. The zero-order valence-corrected chi connectivity index (χ0v) is 8.04. The predicted octanol–water partition coefficient (Wildman–Crippen LogP) is 0.955. The van der Waals surface area contributed by atoms with Gasteiger partial charge in [-0.2, -0.15) is 0 Å². The summed E-state index contributed by atoms with van der Waals surface area (Å²) in [5.41, 5.74) is 0.594. The van der Waals surface area contributed by atoms with Crippen LogP contribution in [0.5, 0.6) is 0 Å². The van der Waals surface area contributed by atoms with Crippen LogP contribution in [0.2, 0.25) is 0 Å². The lowest BCUT2D eigenvalue weighted by atomic mass is 10.3. The van der Waals surface area contributed by atoms with Crippen LogP contribution in [-0.4, -0.2) is 23.0 Å². The van der Waals surface area contributed by atoms with Crippen molar-refractivity contribution in [2.75, 3.05) is 7.11 Å². The monoisotopic (exact) mass is 230 g/mol. The molecule has 0 aromatic carbocycles. The van der Waals surface area contributed by atoms with E-state index in [0.29, 0.717) is 10.3 Å². The Morgan fingerprint density at radius 1 is 1.67 bits per heavy atom. The van der Waals surface area contributed by atoms with E-state index in [0.717, 1.165) is 0 Å². The highest BCUT2D eigenvalue weighted by Gasteiger charge is 2.03. The maximum Gasteiger partial charge on any atom is 0.311 e. The van der Waals surface area contributed by atoms with E-state index in [9.17, 15) is 4.79 Å². The van der Waals surface area contributed by atoms with Crippen LogP contribution in [0, 0.1) is 0 Å². The van der Waals surface area contributed by atoms with Crippen molar-refractivity contribution in [3.05, 3.63) is 22.7 Å². The van der Waals surface area contributed by atoms with Crippen molar-refractivity contribution in [3.63, 3.8) is 0 Å². The first-order chi connectivity index (χ1) is 5.72. The van der Waals surface area contributed by atoms with Gasteiger partial charge in [0, 0.05) is 6.20 Å². The predicted molar refractivity (Wildman–Crippen MR) is 45.5 cm³/mol. The number of carbonyl (C=O) groups is 1. The quantitative estimate of drug-likeness (QED) is 0.711. The molecule has 0 spiro atoms. The van der Waals surface area contributed by atoms with E-state index in [1.807, 2.05) is 0 Å². The minimum atomic E-state index is -0.317. The van der Waals surface area contributed by atoms with E-state index < -0.39 is 0 Å². The number of nitrogens with zero attached hydrogens (tertiary/aromatic N) is 2. The van der Waals surface area contributed by atoms with Gasteiger partial charge in [-0.25, -0.2) is 4.98 Å². The molecule has 1 aromatic heterocycles. The number of hydrogen-bond donors (Lipinski definition) is 0. The van der Waals surface area contributed by atoms with E-state index in [4.69, 9.17) is 0 Å². The van der Waals surface area contributed by atoms with Crippen LogP contribution in [0.25, 0.3) is 0 Å². The Labute approximate surface area is 78.1 Å². The first-order valence-electron chi connectivity index (χ1n) is 3.25. The number of methoxy groups -OCH3 is 1. The molecule has 1 aromatic rings. The van der Waals surface area contributed by atoms with Crippen molar-refractivity contribution in [1.29, 1.82) is 0 Å². The zero-order valence-electron chi connectivity index (χ0n) is 6.45. The first kappa shape index (κ1) is 9.12. The largest absolute Gasteiger partial charge is 0.469 e. The Kier molecular flexibility index (Phi) is 3.16. The van der Waals surface area contributed by atoms with Gasteiger partial charge in [-0.05, 0) is 15.9 Å². The van der Waals surface area contributed by atoms with Gasteiger partial charge >= 0.3 is 5.97 Å². The Morgan fingerprint density at radius 3 is 3.00 bits per heavy atom. The molecule has 0 N–H and O–H groups in total. The number of ether oxygens (including phenoxy) is 1. The number of rotatable bonds is 2. The molecule has 0 bridgehead atoms. The van der Waals surface area contributed by atoms with E-state index in [1.54, 1.807) is 6.20 Å². The van der Waals surface area contributed by atoms with Crippen molar-refractivity contribution in [2.24, 2.45) is 0 Å². The molecule has 0 saturated heterocycles. The highest BCUT2D eigenvalue weighted by molar-refractivity contribution is 9.10. The van der Waals surface area contributed by atoms with Gasteiger partial charge in [-0.15, -0.1) is 0 Å². The standard InChI is InChI=1S/C7H7BrN2O2/c1-12-7(11)2-5-3-9-4-6(8)10-5/h3-4H,2H2,1H3. The summed E-state index contributed by atoms with van der Waals surface area (Å²) in [5.74, 6) is -0.317. The van der Waals surface area contributed by atoms with Crippen molar-refractivity contribution in [2.45, 2.75) is 6.42 Å². The third-order valence-electron chi connectivity index (χ3n) is 1.21. The molecule has 0 fully saturated rings. The molecule has 0 radical (unpaired) electrons. The molecule has 1 heterocycles. The fourth-order valence-corrected chi connectivity index (χ4v) is 1.03. The average Bonchev–Trinajstić information content (AvgIpc) is 2.04. The van der Waals surface area contributed by atoms with Crippen LogP contribution >= 0.6 is 15.9 Å². The normalized spacial score (nSPS) is 9.50. The SMILES string of the molecule is COC(=O)Cc1cncc(Br)n1. The number of carbonyl (C=O) groups excluding carboxylic acids is 1. The Bertz CT molecular complexity index is 290. The molecule has 64 valence electrons. The average molecular weight is 231 g/mol. The van der Waals surface area contributed by atoms with E-state index in [1.165, 1.54) is 13.3 Å². The fourth-order valence-electron chi connectivity index (χ4n) is 0.685. The molecular weight excluding hydrogens is 224 g/mol. The van der Waals surface area contributed by atoms with Gasteiger partial charge in [0.2, 0.25) is 0 Å². The zero-order chi connectivity index (χ0) is 8.97. The maximum atomic E-state index is 10.8. The third-order valence-corrected chi connectivity index (χ3v) is 1.59. The van der Waals surface area contributed by atoms with Gasteiger partial charge in [0.05, 0.1) is 25.4 Å². The molecule has 0 aliphatic heterocycles. The third kappa shape index (κ3) is 2.58. The van der Waals surface area contributed by atoms with Gasteiger partial charge in [-0.1, -0.05) is 0 Å². The van der Waals surface area contributed by atoms with Crippen LogP contribution in [-0.2, 0) is 16.0 Å². The Hall–Kier alpha value is -0.970. The molecular formula is C7H7BrN2O2. The summed E-state index contributed by atoms with van der Waals surface area (Å²) in [6, 6.07) is 0. The second-order valence-corrected chi connectivity index (χ2v) is 2.90. The molecule has 5 heteroatoms. The summed E-state index contributed by atoms with van der Waals surface area (Å²) in [7, 11) is 1.34. The summed E-state index contributed by atoms with van der Waals surface area (Å²) < 4.78 is 5.09. The number of hydrogen-bond acceptors (Lipinski definition) is 4. The number of esters is 1. The molecule has 1 rings (SSSR count). The lowest BCUT2D eigenvalue weighted by Gasteiger charge is -1.97. The van der Waals surface area contributed by atoms with Crippen LogP contribution in [0.1, 0.15) is 5.69 Å². The topological polar surface area (TPSA) is 52.1 Å². The molecule has 12 heavy (non-hydrogen) atoms. The van der Waals surface area contributed by atoms with E-state index >= 15 is 0 Å². The van der Waals surface area contributed by atoms with Crippen molar-refractivity contribution in [3.8, 4) is 0 Å². The molecule has 0 amide bonds. The summed E-state index contributed by atoms with van der Waals surface area (Å²) >= 11 is 3.15. The van der Waals surface area contributed by atoms with Gasteiger partial charge < -0.3 is 4.74 Å². The van der Waals surface area contributed by atoms with Gasteiger partial charge in [0.25, 0.3) is 0 Å². The lowest BCUT2D eigenvalue weighted by molar-refractivity contribution is -0.139. The molecule has 0 atom stereocenters. The molecule has 0 saturated carbocycles. The van der Waals surface area contributed by atoms with Crippen molar-refractivity contribution < 1.29 is 9.53 Å². The maximum absolute atomic E-state index is 10.8. The van der Waals surface area contributed by atoms with Crippen molar-refractivity contribution in [1.82, 2.24) is 9.97 Å². The minimum Gasteiger partial charge on any atom is -0.469 e.